The Balaban J connectivity index is 1.74. The third-order valence-electron chi connectivity index (χ3n) is 5.02. The van der Waals surface area contributed by atoms with Crippen LogP contribution in [0.2, 0.25) is 0 Å². The highest BCUT2D eigenvalue weighted by Crippen LogP contribution is 2.36. The van der Waals surface area contributed by atoms with Gasteiger partial charge in [-0.1, -0.05) is 38.5 Å². The quantitative estimate of drug-likeness (QED) is 0.788. The van der Waals surface area contributed by atoms with Crippen molar-refractivity contribution in [3.8, 4) is 0 Å². The van der Waals surface area contributed by atoms with Crippen molar-refractivity contribution >= 4 is 10.0 Å². The first-order chi connectivity index (χ1) is 11.4. The monoisotopic (exact) mass is 352 g/mol. The van der Waals surface area contributed by atoms with Crippen LogP contribution >= 0.6 is 0 Å². The van der Waals surface area contributed by atoms with Crippen molar-refractivity contribution in [2.45, 2.75) is 38.1 Å². The van der Waals surface area contributed by atoms with Crippen molar-refractivity contribution in [1.82, 2.24) is 9.21 Å². The zero-order chi connectivity index (χ0) is 17.2. The van der Waals surface area contributed by atoms with E-state index in [1.54, 1.807) is 10.4 Å². The second kappa shape index (κ2) is 7.12. The molecule has 3 rings (SSSR count). The van der Waals surface area contributed by atoms with Crippen LogP contribution in [0.3, 0.4) is 0 Å². The maximum Gasteiger partial charge on any atom is 0.243 e. The van der Waals surface area contributed by atoms with Gasteiger partial charge >= 0.3 is 0 Å². The Labute approximate surface area is 145 Å². The van der Waals surface area contributed by atoms with Crippen LogP contribution in [0, 0.1) is 5.41 Å². The number of hydrogen-bond acceptors (Lipinski definition) is 4. The summed E-state index contributed by atoms with van der Waals surface area (Å²) in [5, 5.41) is 0. The van der Waals surface area contributed by atoms with Crippen molar-refractivity contribution < 1.29 is 13.2 Å². The summed E-state index contributed by atoms with van der Waals surface area (Å²) in [6.07, 6.45) is 2.43. The molecule has 0 aliphatic carbocycles. The van der Waals surface area contributed by atoms with Crippen LogP contribution in [0.1, 0.15) is 32.3 Å². The number of benzene rings is 1. The average molecular weight is 353 g/mol. The molecule has 0 spiro atoms. The van der Waals surface area contributed by atoms with E-state index in [0.29, 0.717) is 43.2 Å². The second-order valence-electron chi connectivity index (χ2n) is 7.33. The molecule has 0 unspecified atom stereocenters. The van der Waals surface area contributed by atoms with Crippen LogP contribution in [-0.4, -0.2) is 57.0 Å². The lowest BCUT2D eigenvalue weighted by Crippen LogP contribution is -2.53. The normalized spacial score (nSPS) is 22.2. The number of rotatable bonds is 6. The van der Waals surface area contributed by atoms with E-state index >= 15 is 0 Å². The largest absolute Gasteiger partial charge is 0.379 e. The van der Waals surface area contributed by atoms with Gasteiger partial charge in [0, 0.05) is 32.7 Å². The van der Waals surface area contributed by atoms with Crippen LogP contribution in [0.15, 0.2) is 29.2 Å². The Hall–Kier alpha value is -0.950. The Kier molecular flexibility index (Phi) is 5.30. The number of sulfonamides is 1. The van der Waals surface area contributed by atoms with E-state index in [0.717, 1.165) is 18.7 Å². The maximum atomic E-state index is 13.0. The van der Waals surface area contributed by atoms with Crippen LogP contribution in [0.25, 0.3) is 0 Å². The van der Waals surface area contributed by atoms with Gasteiger partial charge in [-0.2, -0.15) is 4.31 Å². The van der Waals surface area contributed by atoms with Gasteiger partial charge in [0.2, 0.25) is 10.0 Å². The summed E-state index contributed by atoms with van der Waals surface area (Å²) >= 11 is 0. The van der Waals surface area contributed by atoms with Gasteiger partial charge < -0.3 is 4.74 Å². The summed E-state index contributed by atoms with van der Waals surface area (Å²) in [5.74, 6) is 0. The third-order valence-corrected chi connectivity index (χ3v) is 7.02. The van der Waals surface area contributed by atoms with Gasteiger partial charge in [0.1, 0.15) is 0 Å². The zero-order valence-corrected chi connectivity index (χ0v) is 15.5. The van der Waals surface area contributed by atoms with Crippen molar-refractivity contribution in [2.24, 2.45) is 5.41 Å². The smallest absolute Gasteiger partial charge is 0.243 e. The molecule has 0 N–H and O–H groups in total. The lowest BCUT2D eigenvalue weighted by Gasteiger charge is -2.48. The molecule has 1 aromatic carbocycles. The number of hydrogen-bond donors (Lipinski definition) is 0. The molecule has 0 amide bonds. The van der Waals surface area contributed by atoms with Crippen LogP contribution in [0.4, 0.5) is 0 Å². The first kappa shape index (κ1) is 17.9. The van der Waals surface area contributed by atoms with Crippen molar-refractivity contribution in [3.63, 3.8) is 0 Å². The van der Waals surface area contributed by atoms with Gasteiger partial charge in [0.15, 0.2) is 0 Å². The Bertz CT molecular complexity index is 663. The summed E-state index contributed by atoms with van der Waals surface area (Å²) < 4.78 is 32.8. The first-order valence-electron chi connectivity index (χ1n) is 8.83. The van der Waals surface area contributed by atoms with E-state index in [2.05, 4.69) is 18.7 Å². The summed E-state index contributed by atoms with van der Waals surface area (Å²) in [5.41, 5.74) is 1.30. The standard InChI is InChI=1S/C18H28N2O3S/c1-3-8-18(2)14-19(15-18)13-16-6-4-5-7-17(16)24(21,22)20-9-11-23-12-10-20/h4-7H,3,8-15H2,1-2H3. The molecule has 24 heavy (non-hydrogen) atoms. The lowest BCUT2D eigenvalue weighted by atomic mass is 9.78. The van der Waals surface area contributed by atoms with E-state index in [1.807, 2.05) is 18.2 Å². The molecule has 134 valence electrons. The molecule has 2 heterocycles. The fourth-order valence-electron chi connectivity index (χ4n) is 3.96. The summed E-state index contributed by atoms with van der Waals surface area (Å²) in [4.78, 5) is 2.81. The van der Waals surface area contributed by atoms with Gasteiger partial charge in [0.25, 0.3) is 0 Å². The molecule has 0 saturated carbocycles. The van der Waals surface area contributed by atoms with E-state index in [9.17, 15) is 8.42 Å². The molecule has 0 bridgehead atoms. The van der Waals surface area contributed by atoms with Crippen LogP contribution in [0.5, 0.6) is 0 Å². The fraction of sp³-hybridized carbons (Fsp3) is 0.667. The molecular weight excluding hydrogens is 324 g/mol. The van der Waals surface area contributed by atoms with Gasteiger partial charge in [0.05, 0.1) is 18.1 Å². The highest BCUT2D eigenvalue weighted by molar-refractivity contribution is 7.89. The highest BCUT2D eigenvalue weighted by Gasteiger charge is 2.38. The Morgan fingerprint density at radius 3 is 2.50 bits per heavy atom. The predicted molar refractivity (Wildman–Crippen MR) is 94.3 cm³/mol. The average Bonchev–Trinajstić information content (AvgIpc) is 2.55. The number of likely N-dealkylation sites (tertiary alicyclic amines) is 1. The number of nitrogens with zero attached hydrogens (tertiary/aromatic N) is 2. The molecule has 0 radical (unpaired) electrons. The minimum atomic E-state index is -3.43. The van der Waals surface area contributed by atoms with Crippen LogP contribution < -0.4 is 0 Å². The summed E-state index contributed by atoms with van der Waals surface area (Å²) in [6.45, 7) is 9.18. The lowest BCUT2D eigenvalue weighted by molar-refractivity contribution is 0.00139. The predicted octanol–water partition coefficient (Wildman–Crippen LogP) is 2.33. The zero-order valence-electron chi connectivity index (χ0n) is 14.7. The first-order valence-corrected chi connectivity index (χ1v) is 10.3. The Morgan fingerprint density at radius 1 is 1.17 bits per heavy atom. The molecule has 2 aliphatic heterocycles. The minimum absolute atomic E-state index is 0.396. The molecule has 6 heteroatoms. The number of ether oxygens (including phenoxy) is 1. The summed E-state index contributed by atoms with van der Waals surface area (Å²) in [7, 11) is -3.43. The molecule has 2 fully saturated rings. The van der Waals surface area contributed by atoms with Crippen LogP contribution in [-0.2, 0) is 21.3 Å². The molecule has 0 atom stereocenters. The topological polar surface area (TPSA) is 49.9 Å². The van der Waals surface area contributed by atoms with Crippen molar-refractivity contribution in [1.29, 1.82) is 0 Å². The third kappa shape index (κ3) is 3.67. The van der Waals surface area contributed by atoms with Gasteiger partial charge in [-0.05, 0) is 23.5 Å². The maximum absolute atomic E-state index is 13.0. The highest BCUT2D eigenvalue weighted by atomic mass is 32.2. The Morgan fingerprint density at radius 2 is 1.83 bits per heavy atom. The van der Waals surface area contributed by atoms with E-state index in [1.165, 1.54) is 12.8 Å². The van der Waals surface area contributed by atoms with Crippen molar-refractivity contribution in [3.05, 3.63) is 29.8 Å². The molecule has 1 aromatic rings. The van der Waals surface area contributed by atoms with E-state index < -0.39 is 10.0 Å². The molecule has 0 aromatic heterocycles. The van der Waals surface area contributed by atoms with Crippen molar-refractivity contribution in [2.75, 3.05) is 39.4 Å². The van der Waals surface area contributed by atoms with E-state index in [4.69, 9.17) is 4.74 Å². The second-order valence-corrected chi connectivity index (χ2v) is 9.24. The van der Waals surface area contributed by atoms with Gasteiger partial charge in [-0.3, -0.25) is 4.90 Å². The minimum Gasteiger partial charge on any atom is -0.379 e. The van der Waals surface area contributed by atoms with E-state index in [-0.39, 0.29) is 0 Å². The summed E-state index contributed by atoms with van der Waals surface area (Å²) in [6, 6.07) is 7.43. The molecule has 2 aliphatic rings. The SMILES string of the molecule is CCCC1(C)CN(Cc2ccccc2S(=O)(=O)N2CCOCC2)C1. The molecule has 5 nitrogen and oxygen atoms in total. The number of morpholine rings is 1. The fourth-order valence-corrected chi connectivity index (χ4v) is 5.58. The molecular formula is C18H28N2O3S. The van der Waals surface area contributed by atoms with Gasteiger partial charge in [-0.15, -0.1) is 0 Å². The van der Waals surface area contributed by atoms with Gasteiger partial charge in [-0.25, -0.2) is 8.42 Å². The molecule has 2 saturated heterocycles.